The highest BCUT2D eigenvalue weighted by Gasteiger charge is 2.11. The maximum atomic E-state index is 5.86. The predicted octanol–water partition coefficient (Wildman–Crippen LogP) is 2.89. The summed E-state index contributed by atoms with van der Waals surface area (Å²) in [5.41, 5.74) is 6.94. The van der Waals surface area contributed by atoms with E-state index in [1.54, 1.807) is 0 Å². The van der Waals surface area contributed by atoms with Crippen LogP contribution in [0.1, 0.15) is 45.1 Å². The molecule has 1 aliphatic rings. The van der Waals surface area contributed by atoms with Gasteiger partial charge < -0.3 is 16.0 Å². The third-order valence-electron chi connectivity index (χ3n) is 3.93. The summed E-state index contributed by atoms with van der Waals surface area (Å²) >= 11 is 0. The van der Waals surface area contributed by atoms with Crippen molar-refractivity contribution in [2.24, 2.45) is 10.7 Å². The van der Waals surface area contributed by atoms with E-state index in [0.29, 0.717) is 18.5 Å². The molecule has 2 heterocycles. The van der Waals surface area contributed by atoms with Crippen LogP contribution in [0.4, 0.5) is 5.82 Å². The Hall–Kier alpha value is -1.05. The molecule has 3 N–H and O–H groups in total. The van der Waals surface area contributed by atoms with E-state index in [-0.39, 0.29) is 24.0 Å². The Kier molecular flexibility index (Phi) is 8.52. The van der Waals surface area contributed by atoms with Gasteiger partial charge in [-0.05, 0) is 44.2 Å². The SMILES string of the molecule is CCC(C)NC(N)=NCc1ccc(N2CCCCC2)nc1.I. The third-order valence-corrected chi connectivity index (χ3v) is 3.93. The van der Waals surface area contributed by atoms with E-state index in [0.717, 1.165) is 30.9 Å². The molecule has 22 heavy (non-hydrogen) atoms. The van der Waals surface area contributed by atoms with Crippen LogP contribution in [0.5, 0.6) is 0 Å². The average molecular weight is 417 g/mol. The first-order valence-corrected chi connectivity index (χ1v) is 7.95. The lowest BCUT2D eigenvalue weighted by molar-refractivity contribution is 0.573. The van der Waals surface area contributed by atoms with E-state index in [1.165, 1.54) is 19.3 Å². The fourth-order valence-corrected chi connectivity index (χ4v) is 2.40. The summed E-state index contributed by atoms with van der Waals surface area (Å²) < 4.78 is 0. The molecular formula is C16H28IN5. The molecule has 0 aliphatic carbocycles. The molecule has 1 atom stereocenters. The smallest absolute Gasteiger partial charge is 0.189 e. The minimum absolute atomic E-state index is 0. The van der Waals surface area contributed by atoms with Crippen LogP contribution >= 0.6 is 24.0 Å². The molecule has 0 amide bonds. The van der Waals surface area contributed by atoms with Crippen molar-refractivity contribution >= 4 is 35.8 Å². The second-order valence-corrected chi connectivity index (χ2v) is 5.73. The molecule has 0 aromatic carbocycles. The molecule has 0 bridgehead atoms. The third kappa shape index (κ3) is 5.98. The maximum Gasteiger partial charge on any atom is 0.189 e. The van der Waals surface area contributed by atoms with Gasteiger partial charge in [-0.2, -0.15) is 0 Å². The zero-order valence-electron chi connectivity index (χ0n) is 13.6. The number of hydrogen-bond donors (Lipinski definition) is 2. The van der Waals surface area contributed by atoms with Gasteiger partial charge in [0.25, 0.3) is 0 Å². The molecule has 5 nitrogen and oxygen atoms in total. The Balaban J connectivity index is 0.00000242. The van der Waals surface area contributed by atoms with Crippen molar-refractivity contribution in [3.05, 3.63) is 23.9 Å². The van der Waals surface area contributed by atoms with Crippen LogP contribution in [0.2, 0.25) is 0 Å². The Morgan fingerprint density at radius 1 is 1.36 bits per heavy atom. The predicted molar refractivity (Wildman–Crippen MR) is 104 cm³/mol. The molecule has 1 unspecified atom stereocenters. The summed E-state index contributed by atoms with van der Waals surface area (Å²) in [7, 11) is 0. The zero-order chi connectivity index (χ0) is 15.1. The van der Waals surface area contributed by atoms with Crippen LogP contribution in [-0.2, 0) is 6.54 Å². The number of rotatable bonds is 5. The molecule has 124 valence electrons. The quantitative estimate of drug-likeness (QED) is 0.439. The summed E-state index contributed by atoms with van der Waals surface area (Å²) in [6, 6.07) is 4.54. The molecule has 1 aliphatic heterocycles. The molecular weight excluding hydrogens is 389 g/mol. The second-order valence-electron chi connectivity index (χ2n) is 5.73. The van der Waals surface area contributed by atoms with Gasteiger partial charge >= 0.3 is 0 Å². The number of guanidine groups is 1. The summed E-state index contributed by atoms with van der Waals surface area (Å²) in [4.78, 5) is 11.3. The van der Waals surface area contributed by atoms with E-state index in [2.05, 4.69) is 46.2 Å². The van der Waals surface area contributed by atoms with Crippen molar-refractivity contribution in [1.29, 1.82) is 0 Å². The van der Waals surface area contributed by atoms with Crippen molar-refractivity contribution in [1.82, 2.24) is 10.3 Å². The first-order valence-electron chi connectivity index (χ1n) is 7.95. The van der Waals surface area contributed by atoms with Crippen molar-refractivity contribution in [2.45, 2.75) is 52.1 Å². The van der Waals surface area contributed by atoms with Crippen LogP contribution in [0, 0.1) is 0 Å². The minimum atomic E-state index is 0. The van der Waals surface area contributed by atoms with Crippen LogP contribution in [0.15, 0.2) is 23.3 Å². The van der Waals surface area contributed by atoms with Crippen molar-refractivity contribution in [3.8, 4) is 0 Å². The van der Waals surface area contributed by atoms with Crippen LogP contribution in [0.3, 0.4) is 0 Å². The van der Waals surface area contributed by atoms with E-state index < -0.39 is 0 Å². The summed E-state index contributed by atoms with van der Waals surface area (Å²) in [6.07, 6.45) is 6.81. The first-order chi connectivity index (χ1) is 10.2. The highest BCUT2D eigenvalue weighted by molar-refractivity contribution is 14.0. The van der Waals surface area contributed by atoms with Crippen LogP contribution in [-0.4, -0.2) is 30.1 Å². The summed E-state index contributed by atoms with van der Waals surface area (Å²) in [5.74, 6) is 1.58. The number of nitrogens with zero attached hydrogens (tertiary/aromatic N) is 3. The Morgan fingerprint density at radius 2 is 2.09 bits per heavy atom. The fourth-order valence-electron chi connectivity index (χ4n) is 2.40. The van der Waals surface area contributed by atoms with E-state index in [9.17, 15) is 0 Å². The lowest BCUT2D eigenvalue weighted by atomic mass is 10.1. The Bertz CT molecular complexity index is 454. The van der Waals surface area contributed by atoms with Gasteiger partial charge in [-0.1, -0.05) is 13.0 Å². The number of aliphatic imine (C=N–C) groups is 1. The molecule has 1 aromatic heterocycles. The van der Waals surface area contributed by atoms with E-state index in [4.69, 9.17) is 5.73 Å². The van der Waals surface area contributed by atoms with Crippen molar-refractivity contribution in [2.75, 3.05) is 18.0 Å². The number of hydrogen-bond acceptors (Lipinski definition) is 3. The molecule has 1 fully saturated rings. The van der Waals surface area contributed by atoms with Gasteiger partial charge in [0.15, 0.2) is 5.96 Å². The number of aromatic nitrogens is 1. The maximum absolute atomic E-state index is 5.86. The molecule has 1 saturated heterocycles. The van der Waals surface area contributed by atoms with Gasteiger partial charge in [0.05, 0.1) is 6.54 Å². The largest absolute Gasteiger partial charge is 0.370 e. The lowest BCUT2D eigenvalue weighted by Crippen LogP contribution is -2.38. The topological polar surface area (TPSA) is 66.5 Å². The highest BCUT2D eigenvalue weighted by Crippen LogP contribution is 2.17. The second kappa shape index (κ2) is 9.86. The molecule has 0 radical (unpaired) electrons. The fraction of sp³-hybridized carbons (Fsp3) is 0.625. The van der Waals surface area contributed by atoms with E-state index in [1.807, 2.05) is 6.20 Å². The number of pyridine rings is 1. The van der Waals surface area contributed by atoms with Gasteiger partial charge in [0.2, 0.25) is 0 Å². The minimum Gasteiger partial charge on any atom is -0.370 e. The lowest BCUT2D eigenvalue weighted by Gasteiger charge is -2.27. The molecule has 1 aromatic rings. The standard InChI is InChI=1S/C16H27N5.HI/c1-3-13(2)20-16(17)19-12-14-7-8-15(18-11-14)21-9-5-4-6-10-21;/h7-8,11,13H,3-6,9-10,12H2,1-2H3,(H3,17,19,20);1H. The Labute approximate surface area is 150 Å². The van der Waals surface area contributed by atoms with Gasteiger partial charge in [-0.3, -0.25) is 0 Å². The van der Waals surface area contributed by atoms with Crippen LogP contribution in [0.25, 0.3) is 0 Å². The normalized spacial score (nSPS) is 16.8. The molecule has 2 rings (SSSR count). The van der Waals surface area contributed by atoms with Gasteiger partial charge in [-0.15, -0.1) is 24.0 Å². The van der Waals surface area contributed by atoms with E-state index >= 15 is 0 Å². The number of halogens is 1. The van der Waals surface area contributed by atoms with Gasteiger partial charge in [-0.25, -0.2) is 9.98 Å². The van der Waals surface area contributed by atoms with Crippen LogP contribution < -0.4 is 16.0 Å². The van der Waals surface area contributed by atoms with Gasteiger partial charge in [0.1, 0.15) is 5.82 Å². The van der Waals surface area contributed by atoms with Crippen molar-refractivity contribution in [3.63, 3.8) is 0 Å². The first kappa shape index (κ1) is 19.0. The average Bonchev–Trinajstić information content (AvgIpc) is 2.54. The molecule has 0 spiro atoms. The highest BCUT2D eigenvalue weighted by atomic mass is 127. The summed E-state index contributed by atoms with van der Waals surface area (Å²) in [5, 5.41) is 3.16. The number of nitrogens with one attached hydrogen (secondary N) is 1. The number of nitrogens with two attached hydrogens (primary N) is 1. The molecule has 0 saturated carbocycles. The number of anilines is 1. The number of piperidine rings is 1. The zero-order valence-corrected chi connectivity index (χ0v) is 15.9. The van der Waals surface area contributed by atoms with Gasteiger partial charge in [0, 0.05) is 25.3 Å². The molecule has 6 heteroatoms. The monoisotopic (exact) mass is 417 g/mol. The Morgan fingerprint density at radius 3 is 2.68 bits per heavy atom. The van der Waals surface area contributed by atoms with Crippen molar-refractivity contribution < 1.29 is 0 Å². The summed E-state index contributed by atoms with van der Waals surface area (Å²) in [6.45, 7) is 7.03.